The zero-order valence-electron chi connectivity index (χ0n) is 14.2. The van der Waals surface area contributed by atoms with Gasteiger partial charge in [-0.2, -0.15) is 0 Å². The van der Waals surface area contributed by atoms with Crippen molar-refractivity contribution in [1.82, 2.24) is 4.90 Å². The van der Waals surface area contributed by atoms with Gasteiger partial charge < -0.3 is 15.6 Å². The average molecular weight is 326 g/mol. The van der Waals surface area contributed by atoms with E-state index in [1.807, 2.05) is 18.2 Å². The summed E-state index contributed by atoms with van der Waals surface area (Å²) in [6.07, 6.45) is 2.17. The van der Waals surface area contributed by atoms with E-state index in [0.29, 0.717) is 6.04 Å². The van der Waals surface area contributed by atoms with E-state index in [-0.39, 0.29) is 6.61 Å². The van der Waals surface area contributed by atoms with Crippen molar-refractivity contribution in [2.24, 2.45) is 5.73 Å². The van der Waals surface area contributed by atoms with E-state index in [1.54, 1.807) is 7.11 Å². The Kier molecular flexibility index (Phi) is 5.51. The molecule has 1 heterocycles. The highest BCUT2D eigenvalue weighted by atomic mass is 16.5. The Hall–Kier alpha value is -1.88. The lowest BCUT2D eigenvalue weighted by Gasteiger charge is -2.30. The van der Waals surface area contributed by atoms with Crippen LogP contribution in [0.25, 0.3) is 11.1 Å². The van der Waals surface area contributed by atoms with E-state index in [4.69, 9.17) is 10.5 Å². The molecule has 0 aliphatic carbocycles. The minimum absolute atomic E-state index is 0.00230. The molecular formula is C20H26N2O2. The topological polar surface area (TPSA) is 58.7 Å². The van der Waals surface area contributed by atoms with Gasteiger partial charge in [0.2, 0.25) is 0 Å². The molecule has 0 unspecified atom stereocenters. The first-order chi connectivity index (χ1) is 11.7. The molecule has 24 heavy (non-hydrogen) atoms. The summed E-state index contributed by atoms with van der Waals surface area (Å²) in [5.41, 5.74) is 10.3. The first-order valence-electron chi connectivity index (χ1n) is 8.54. The molecule has 0 atom stereocenters. The third-order valence-electron chi connectivity index (χ3n) is 4.79. The molecule has 1 aliphatic heterocycles. The van der Waals surface area contributed by atoms with Crippen molar-refractivity contribution in [2.75, 3.05) is 20.2 Å². The lowest BCUT2D eigenvalue weighted by atomic mass is 9.98. The van der Waals surface area contributed by atoms with Crippen molar-refractivity contribution in [1.29, 1.82) is 0 Å². The number of likely N-dealkylation sites (tertiary alicyclic amines) is 1. The van der Waals surface area contributed by atoms with Gasteiger partial charge in [0, 0.05) is 12.6 Å². The van der Waals surface area contributed by atoms with Gasteiger partial charge in [0.15, 0.2) is 0 Å². The quantitative estimate of drug-likeness (QED) is 0.887. The largest absolute Gasteiger partial charge is 0.497 e. The SMILES string of the molecule is COc1ccc(-c2ccc(CN3CCC(N)CC3)cc2)c(CO)c1. The first kappa shape index (κ1) is 17.0. The van der Waals surface area contributed by atoms with Crippen molar-refractivity contribution in [3.8, 4) is 16.9 Å². The monoisotopic (exact) mass is 326 g/mol. The molecule has 1 saturated heterocycles. The van der Waals surface area contributed by atoms with Gasteiger partial charge in [-0.3, -0.25) is 4.90 Å². The van der Waals surface area contributed by atoms with Crippen LogP contribution < -0.4 is 10.5 Å². The minimum atomic E-state index is 0.00230. The molecule has 1 fully saturated rings. The van der Waals surface area contributed by atoms with Gasteiger partial charge in [0.1, 0.15) is 5.75 Å². The highest BCUT2D eigenvalue weighted by molar-refractivity contribution is 5.68. The molecule has 3 rings (SSSR count). The Balaban J connectivity index is 1.72. The van der Waals surface area contributed by atoms with Gasteiger partial charge in [0.05, 0.1) is 13.7 Å². The molecule has 128 valence electrons. The highest BCUT2D eigenvalue weighted by Crippen LogP contribution is 2.28. The fraction of sp³-hybridized carbons (Fsp3) is 0.400. The fourth-order valence-electron chi connectivity index (χ4n) is 3.27. The second-order valence-corrected chi connectivity index (χ2v) is 6.49. The zero-order valence-corrected chi connectivity index (χ0v) is 14.2. The number of piperidine rings is 1. The van der Waals surface area contributed by atoms with Crippen molar-refractivity contribution >= 4 is 0 Å². The first-order valence-corrected chi connectivity index (χ1v) is 8.54. The van der Waals surface area contributed by atoms with E-state index >= 15 is 0 Å². The molecule has 0 saturated carbocycles. The molecule has 4 nitrogen and oxygen atoms in total. The lowest BCUT2D eigenvalue weighted by Crippen LogP contribution is -2.39. The van der Waals surface area contributed by atoms with Crippen LogP contribution in [0.3, 0.4) is 0 Å². The Morgan fingerprint density at radius 1 is 1.12 bits per heavy atom. The molecule has 0 aromatic heterocycles. The summed E-state index contributed by atoms with van der Waals surface area (Å²) in [6.45, 7) is 3.14. The van der Waals surface area contributed by atoms with Crippen LogP contribution in [-0.4, -0.2) is 36.2 Å². The summed E-state index contributed by atoms with van der Waals surface area (Å²) < 4.78 is 5.23. The maximum absolute atomic E-state index is 9.62. The third-order valence-corrected chi connectivity index (χ3v) is 4.79. The van der Waals surface area contributed by atoms with Gasteiger partial charge >= 0.3 is 0 Å². The van der Waals surface area contributed by atoms with Gasteiger partial charge in [-0.15, -0.1) is 0 Å². The molecule has 0 spiro atoms. The summed E-state index contributed by atoms with van der Waals surface area (Å²) in [5, 5.41) is 9.62. The molecular weight excluding hydrogens is 300 g/mol. The number of aliphatic hydroxyl groups excluding tert-OH is 1. The maximum Gasteiger partial charge on any atom is 0.119 e. The van der Waals surface area contributed by atoms with E-state index < -0.39 is 0 Å². The average Bonchev–Trinajstić information content (AvgIpc) is 2.64. The summed E-state index contributed by atoms with van der Waals surface area (Å²) in [5.74, 6) is 0.766. The smallest absolute Gasteiger partial charge is 0.119 e. The summed E-state index contributed by atoms with van der Waals surface area (Å²) >= 11 is 0. The number of nitrogens with two attached hydrogens (primary N) is 1. The van der Waals surface area contributed by atoms with Crippen molar-refractivity contribution in [3.63, 3.8) is 0 Å². The second-order valence-electron chi connectivity index (χ2n) is 6.49. The van der Waals surface area contributed by atoms with E-state index in [1.165, 1.54) is 5.56 Å². The minimum Gasteiger partial charge on any atom is -0.497 e. The summed E-state index contributed by atoms with van der Waals surface area (Å²) in [7, 11) is 1.64. The van der Waals surface area contributed by atoms with Crippen LogP contribution in [0.5, 0.6) is 5.75 Å². The van der Waals surface area contributed by atoms with Crippen molar-refractivity contribution in [2.45, 2.75) is 32.0 Å². The maximum atomic E-state index is 9.62. The fourth-order valence-corrected chi connectivity index (χ4v) is 3.27. The van der Waals surface area contributed by atoms with Gasteiger partial charge in [-0.1, -0.05) is 30.3 Å². The molecule has 3 N–H and O–H groups in total. The molecule has 2 aromatic rings. The van der Waals surface area contributed by atoms with Crippen LogP contribution in [0.4, 0.5) is 0 Å². The Morgan fingerprint density at radius 3 is 2.46 bits per heavy atom. The predicted octanol–water partition coefficient (Wildman–Crippen LogP) is 2.78. The van der Waals surface area contributed by atoms with Crippen LogP contribution in [-0.2, 0) is 13.2 Å². The van der Waals surface area contributed by atoms with Gasteiger partial charge in [0.25, 0.3) is 0 Å². The number of rotatable bonds is 5. The lowest BCUT2D eigenvalue weighted by molar-refractivity contribution is 0.205. The standard InChI is InChI=1S/C20H26N2O2/c1-24-19-6-7-20(17(12-19)14-23)16-4-2-15(3-5-16)13-22-10-8-18(21)9-11-22/h2-7,12,18,23H,8-11,13-14,21H2,1H3. The summed E-state index contributed by atoms with van der Waals surface area (Å²) in [4.78, 5) is 2.46. The predicted molar refractivity (Wildman–Crippen MR) is 96.8 cm³/mol. The molecule has 2 aromatic carbocycles. The Labute approximate surface area is 143 Å². The molecule has 0 bridgehead atoms. The number of benzene rings is 2. The van der Waals surface area contributed by atoms with E-state index in [2.05, 4.69) is 29.2 Å². The van der Waals surface area contributed by atoms with Gasteiger partial charge in [-0.25, -0.2) is 0 Å². The van der Waals surface area contributed by atoms with Crippen LogP contribution in [0.1, 0.15) is 24.0 Å². The van der Waals surface area contributed by atoms with Crippen molar-refractivity contribution in [3.05, 3.63) is 53.6 Å². The third kappa shape index (κ3) is 3.96. The van der Waals surface area contributed by atoms with Crippen LogP contribution in [0.15, 0.2) is 42.5 Å². The number of hydrogen-bond acceptors (Lipinski definition) is 4. The molecule has 1 aliphatic rings. The number of aliphatic hydroxyl groups is 1. The van der Waals surface area contributed by atoms with E-state index in [0.717, 1.165) is 54.9 Å². The van der Waals surface area contributed by atoms with Crippen LogP contribution >= 0.6 is 0 Å². The zero-order chi connectivity index (χ0) is 16.9. The Bertz CT molecular complexity index is 662. The van der Waals surface area contributed by atoms with Crippen molar-refractivity contribution < 1.29 is 9.84 Å². The highest BCUT2D eigenvalue weighted by Gasteiger charge is 2.16. The number of methoxy groups -OCH3 is 1. The number of nitrogens with zero attached hydrogens (tertiary/aromatic N) is 1. The second kappa shape index (κ2) is 7.79. The molecule has 0 amide bonds. The van der Waals surface area contributed by atoms with Crippen LogP contribution in [0.2, 0.25) is 0 Å². The van der Waals surface area contributed by atoms with Crippen LogP contribution in [0, 0.1) is 0 Å². The Morgan fingerprint density at radius 2 is 1.83 bits per heavy atom. The molecule has 4 heteroatoms. The number of ether oxygens (including phenoxy) is 1. The number of hydrogen-bond donors (Lipinski definition) is 2. The summed E-state index contributed by atoms with van der Waals surface area (Å²) in [6, 6.07) is 14.8. The van der Waals surface area contributed by atoms with E-state index in [9.17, 15) is 5.11 Å². The van der Waals surface area contributed by atoms with Gasteiger partial charge in [-0.05, 0) is 60.3 Å². The molecule has 0 radical (unpaired) electrons. The normalized spacial score (nSPS) is 16.3.